The number of carboxylic acid groups (broad SMARTS) is 1. The van der Waals surface area contributed by atoms with Crippen molar-refractivity contribution in [3.8, 4) is 0 Å². The summed E-state index contributed by atoms with van der Waals surface area (Å²) in [4.78, 5) is 16.1. The number of hydrogen-bond donors (Lipinski definition) is 1. The molecule has 0 aliphatic heterocycles. The molecule has 3 heterocycles. The Morgan fingerprint density at radius 1 is 1.21 bits per heavy atom. The number of nitrogens with zero attached hydrogens (tertiary/aromatic N) is 3. The maximum Gasteiger partial charge on any atom is 0.342 e. The smallest absolute Gasteiger partial charge is 0.342 e. The fraction of sp³-hybridized carbons (Fsp3) is 0.111. The number of carboxylic acids is 1. The molecule has 0 radical (unpaired) electrons. The van der Waals surface area contributed by atoms with E-state index in [0.717, 1.165) is 26.3 Å². The van der Waals surface area contributed by atoms with Gasteiger partial charge in [0.1, 0.15) is 10.7 Å². The third-order valence-electron chi connectivity index (χ3n) is 3.50. The topological polar surface area (TPSA) is 102 Å². The van der Waals surface area contributed by atoms with Crippen LogP contribution in [-0.4, -0.2) is 26.3 Å². The lowest BCUT2D eigenvalue weighted by Crippen LogP contribution is -1.96. The Kier molecular flexibility index (Phi) is 5.51. The van der Waals surface area contributed by atoms with Crippen LogP contribution in [0.3, 0.4) is 0 Å². The lowest BCUT2D eigenvalue weighted by Gasteiger charge is -1.97. The van der Waals surface area contributed by atoms with E-state index >= 15 is 0 Å². The summed E-state index contributed by atoms with van der Waals surface area (Å²) in [6.07, 6.45) is 2.02. The van der Waals surface area contributed by atoms with Crippen LogP contribution in [0.1, 0.15) is 18.6 Å². The van der Waals surface area contributed by atoms with E-state index in [9.17, 15) is 9.90 Å². The van der Waals surface area contributed by atoms with E-state index in [-0.39, 0.29) is 10.1 Å². The maximum atomic E-state index is 11.5. The molecule has 0 spiro atoms. The molecule has 4 rings (SSSR count). The van der Waals surface area contributed by atoms with Crippen molar-refractivity contribution >= 4 is 57.1 Å². The molecular formula is C18H13N3O4S3. The standard InChI is InChI=1S/C18H13N3O4S3/c1-2-14-20-21-17(25-14)26-13(16(22)23)9-10-7-8-15(24-10)28-18-19-11-5-3-4-6-12(11)27-18/h3-9H,2H2,1H3,(H,22,23)/b13-9-. The molecular weight excluding hydrogens is 418 g/mol. The average molecular weight is 432 g/mol. The Morgan fingerprint density at radius 3 is 2.82 bits per heavy atom. The van der Waals surface area contributed by atoms with Crippen LogP contribution < -0.4 is 0 Å². The van der Waals surface area contributed by atoms with Crippen LogP contribution >= 0.6 is 34.9 Å². The molecule has 28 heavy (non-hydrogen) atoms. The van der Waals surface area contributed by atoms with Crippen molar-refractivity contribution < 1.29 is 18.7 Å². The third-order valence-corrected chi connectivity index (χ3v) is 6.37. The van der Waals surface area contributed by atoms with E-state index in [4.69, 9.17) is 8.83 Å². The largest absolute Gasteiger partial charge is 0.477 e. The second-order valence-electron chi connectivity index (χ2n) is 5.44. The zero-order chi connectivity index (χ0) is 19.5. The van der Waals surface area contributed by atoms with Crippen molar-refractivity contribution in [1.82, 2.24) is 15.2 Å². The van der Waals surface area contributed by atoms with Crippen molar-refractivity contribution in [2.75, 3.05) is 0 Å². The highest BCUT2D eigenvalue weighted by atomic mass is 32.2. The molecule has 7 nitrogen and oxygen atoms in total. The predicted octanol–water partition coefficient (Wildman–Crippen LogP) is 5.20. The number of furan rings is 1. The highest BCUT2D eigenvalue weighted by Crippen LogP contribution is 2.36. The molecule has 0 fully saturated rings. The normalized spacial score (nSPS) is 12.0. The number of aromatic nitrogens is 3. The van der Waals surface area contributed by atoms with E-state index in [1.54, 1.807) is 23.5 Å². The Hall–Kier alpha value is -2.56. The number of thiazole rings is 1. The van der Waals surface area contributed by atoms with E-state index in [1.807, 2.05) is 31.2 Å². The minimum absolute atomic E-state index is 0.0252. The molecule has 142 valence electrons. The summed E-state index contributed by atoms with van der Waals surface area (Å²) < 4.78 is 13.1. The number of aryl methyl sites for hydroxylation is 1. The first-order chi connectivity index (χ1) is 13.6. The van der Waals surface area contributed by atoms with Gasteiger partial charge in [-0.2, -0.15) is 0 Å². The van der Waals surface area contributed by atoms with Crippen molar-refractivity contribution in [2.24, 2.45) is 0 Å². The Morgan fingerprint density at radius 2 is 2.07 bits per heavy atom. The molecule has 0 aliphatic carbocycles. The SMILES string of the molecule is CCc1nnc(S/C(=C\c2ccc(Sc3nc4ccccc4s3)o2)C(=O)O)o1. The monoisotopic (exact) mass is 431 g/mol. The molecule has 0 unspecified atom stereocenters. The zero-order valence-electron chi connectivity index (χ0n) is 14.5. The predicted molar refractivity (Wildman–Crippen MR) is 108 cm³/mol. The van der Waals surface area contributed by atoms with Gasteiger partial charge >= 0.3 is 5.97 Å². The summed E-state index contributed by atoms with van der Waals surface area (Å²) in [5, 5.41) is 17.9. The highest BCUT2D eigenvalue weighted by molar-refractivity contribution is 8.03. The summed E-state index contributed by atoms with van der Waals surface area (Å²) in [6, 6.07) is 11.4. The quantitative estimate of drug-likeness (QED) is 0.312. The van der Waals surface area contributed by atoms with Crippen LogP contribution in [0.5, 0.6) is 0 Å². The fourth-order valence-electron chi connectivity index (χ4n) is 2.23. The van der Waals surface area contributed by atoms with E-state index in [2.05, 4.69) is 15.2 Å². The molecule has 3 aromatic heterocycles. The molecule has 4 aromatic rings. The molecule has 10 heteroatoms. The van der Waals surface area contributed by atoms with Gasteiger partial charge in [0.05, 0.1) is 10.2 Å². The molecule has 0 saturated heterocycles. The lowest BCUT2D eigenvalue weighted by atomic mass is 10.3. The number of benzene rings is 1. The first kappa shape index (κ1) is 18.8. The van der Waals surface area contributed by atoms with Gasteiger partial charge in [0.15, 0.2) is 9.43 Å². The van der Waals surface area contributed by atoms with Gasteiger partial charge in [0.2, 0.25) is 5.89 Å². The van der Waals surface area contributed by atoms with Gasteiger partial charge in [-0.3, -0.25) is 0 Å². The van der Waals surface area contributed by atoms with Gasteiger partial charge in [-0.25, -0.2) is 9.78 Å². The van der Waals surface area contributed by atoms with Gasteiger partial charge in [-0.05, 0) is 47.8 Å². The molecule has 1 aromatic carbocycles. The summed E-state index contributed by atoms with van der Waals surface area (Å²) in [5.74, 6) is -0.221. The van der Waals surface area contributed by atoms with E-state index in [0.29, 0.717) is 23.2 Å². The van der Waals surface area contributed by atoms with Crippen molar-refractivity contribution in [1.29, 1.82) is 0 Å². The molecule has 0 aliphatic rings. The maximum absolute atomic E-state index is 11.5. The second kappa shape index (κ2) is 8.21. The van der Waals surface area contributed by atoms with E-state index in [1.165, 1.54) is 17.8 Å². The van der Waals surface area contributed by atoms with Crippen molar-refractivity contribution in [2.45, 2.75) is 28.0 Å². The van der Waals surface area contributed by atoms with Crippen LogP contribution in [0.2, 0.25) is 0 Å². The van der Waals surface area contributed by atoms with Gasteiger partial charge in [0.25, 0.3) is 5.22 Å². The van der Waals surface area contributed by atoms with Gasteiger partial charge in [-0.1, -0.05) is 19.1 Å². The Labute approximate surface area is 171 Å². The number of hydrogen-bond acceptors (Lipinski definition) is 9. The van der Waals surface area contributed by atoms with Crippen molar-refractivity contribution in [3.05, 3.63) is 53.0 Å². The Balaban J connectivity index is 1.51. The van der Waals surface area contributed by atoms with Gasteiger partial charge in [0, 0.05) is 12.5 Å². The average Bonchev–Trinajstić information content (AvgIpc) is 3.40. The number of aliphatic carboxylic acids is 1. The van der Waals surface area contributed by atoms with Crippen LogP contribution in [-0.2, 0) is 11.2 Å². The van der Waals surface area contributed by atoms with Crippen LogP contribution in [0.25, 0.3) is 16.3 Å². The van der Waals surface area contributed by atoms with Gasteiger partial charge < -0.3 is 13.9 Å². The second-order valence-corrected chi connectivity index (χ2v) is 8.71. The first-order valence-corrected chi connectivity index (χ1v) is 10.6. The zero-order valence-corrected chi connectivity index (χ0v) is 16.9. The third kappa shape index (κ3) is 4.29. The molecule has 0 bridgehead atoms. The summed E-state index contributed by atoms with van der Waals surface area (Å²) in [6.45, 7) is 1.88. The summed E-state index contributed by atoms with van der Waals surface area (Å²) in [5.41, 5.74) is 0.942. The minimum Gasteiger partial charge on any atom is -0.477 e. The number of fused-ring (bicyclic) bond motifs is 1. The molecule has 0 amide bonds. The van der Waals surface area contributed by atoms with Crippen LogP contribution in [0.4, 0.5) is 0 Å². The molecule has 0 saturated carbocycles. The fourth-order valence-corrected chi connectivity index (χ4v) is 4.87. The van der Waals surface area contributed by atoms with Crippen molar-refractivity contribution in [3.63, 3.8) is 0 Å². The summed E-state index contributed by atoms with van der Waals surface area (Å²) in [7, 11) is 0. The minimum atomic E-state index is -1.10. The van der Waals surface area contributed by atoms with Gasteiger partial charge in [-0.15, -0.1) is 21.5 Å². The van der Waals surface area contributed by atoms with Crippen LogP contribution in [0.15, 0.2) is 64.8 Å². The first-order valence-electron chi connectivity index (χ1n) is 8.19. The van der Waals surface area contributed by atoms with E-state index < -0.39 is 5.97 Å². The number of carbonyl (C=O) groups is 1. The highest BCUT2D eigenvalue weighted by Gasteiger charge is 2.16. The number of thioether (sulfide) groups is 1. The molecule has 0 atom stereocenters. The Bertz CT molecular complexity index is 1130. The lowest BCUT2D eigenvalue weighted by molar-refractivity contribution is -0.131. The number of rotatable bonds is 7. The summed E-state index contributed by atoms with van der Waals surface area (Å²) >= 11 is 3.86. The molecule has 1 N–H and O–H groups in total. The van der Waals surface area contributed by atoms with Crippen LogP contribution in [0, 0.1) is 0 Å². The number of para-hydroxylation sites is 1.